The summed E-state index contributed by atoms with van der Waals surface area (Å²) in [6, 6.07) is 6.73. The van der Waals surface area contributed by atoms with Crippen LogP contribution in [0.15, 0.2) is 18.2 Å². The van der Waals surface area contributed by atoms with Crippen LogP contribution in [0.3, 0.4) is 0 Å². The molecule has 1 aromatic rings. The van der Waals surface area contributed by atoms with Gasteiger partial charge in [0.2, 0.25) is 0 Å². The van der Waals surface area contributed by atoms with Gasteiger partial charge in [-0.15, -0.1) is 0 Å². The van der Waals surface area contributed by atoms with E-state index in [0.717, 1.165) is 18.7 Å². The molecule has 4 nitrogen and oxygen atoms in total. The highest BCUT2D eigenvalue weighted by molar-refractivity contribution is 5.69. The number of nitrogens with one attached hydrogen (secondary N) is 1. The Balaban J connectivity index is 1.98. The van der Waals surface area contributed by atoms with E-state index in [1.807, 2.05) is 6.07 Å². The van der Waals surface area contributed by atoms with Crippen molar-refractivity contribution in [1.82, 2.24) is 5.32 Å². The molecule has 116 valence electrons. The molecule has 2 rings (SSSR count). The molecule has 1 aliphatic carbocycles. The summed E-state index contributed by atoms with van der Waals surface area (Å²) in [5.74, 6) is 0.792. The fourth-order valence-electron chi connectivity index (χ4n) is 2.91. The Morgan fingerprint density at radius 2 is 2.29 bits per heavy atom. The predicted octanol–water partition coefficient (Wildman–Crippen LogP) is 3.01. The first-order chi connectivity index (χ1) is 10.3. The monoisotopic (exact) mass is 291 g/mol. The van der Waals surface area contributed by atoms with Gasteiger partial charge in [0.25, 0.3) is 0 Å². The van der Waals surface area contributed by atoms with Gasteiger partial charge in [0, 0.05) is 12.5 Å². The Hall–Kier alpha value is -1.55. The molecule has 1 atom stereocenters. The molecule has 1 aliphatic rings. The van der Waals surface area contributed by atoms with Gasteiger partial charge in [0.15, 0.2) is 0 Å². The molecular weight excluding hydrogens is 266 g/mol. The van der Waals surface area contributed by atoms with E-state index >= 15 is 0 Å². The number of fused-ring (bicyclic) bond motifs is 1. The topological polar surface area (TPSA) is 47.6 Å². The number of methoxy groups -OCH3 is 1. The van der Waals surface area contributed by atoms with Crippen LogP contribution < -0.4 is 10.1 Å². The fraction of sp³-hybridized carbons (Fsp3) is 0.588. The van der Waals surface area contributed by atoms with Crippen molar-refractivity contribution in [3.63, 3.8) is 0 Å². The van der Waals surface area contributed by atoms with Crippen LogP contribution in [0.5, 0.6) is 5.75 Å². The maximum absolute atomic E-state index is 11.1. The third kappa shape index (κ3) is 4.21. The van der Waals surface area contributed by atoms with Gasteiger partial charge in [-0.05, 0) is 49.4 Å². The molecular formula is C17H25NO3. The van der Waals surface area contributed by atoms with Crippen molar-refractivity contribution in [2.24, 2.45) is 0 Å². The van der Waals surface area contributed by atoms with Gasteiger partial charge in [-0.1, -0.05) is 19.1 Å². The van der Waals surface area contributed by atoms with Gasteiger partial charge in [-0.2, -0.15) is 0 Å². The molecule has 1 aromatic carbocycles. The minimum atomic E-state index is -0.180. The van der Waals surface area contributed by atoms with E-state index in [9.17, 15) is 4.79 Å². The van der Waals surface area contributed by atoms with E-state index in [1.54, 1.807) is 0 Å². The quantitative estimate of drug-likeness (QED) is 0.619. The van der Waals surface area contributed by atoms with Gasteiger partial charge < -0.3 is 14.8 Å². The lowest BCUT2D eigenvalue weighted by Gasteiger charge is -2.27. The van der Waals surface area contributed by atoms with Crippen molar-refractivity contribution in [3.05, 3.63) is 29.3 Å². The summed E-state index contributed by atoms with van der Waals surface area (Å²) in [6.45, 7) is 3.67. The molecule has 1 N–H and O–H groups in total. The van der Waals surface area contributed by atoms with Crippen LogP contribution in [0.1, 0.15) is 49.8 Å². The smallest absolute Gasteiger partial charge is 0.305 e. The van der Waals surface area contributed by atoms with Crippen molar-refractivity contribution >= 4 is 5.97 Å². The Kier molecular flexibility index (Phi) is 6.05. The Morgan fingerprint density at radius 1 is 1.43 bits per heavy atom. The van der Waals surface area contributed by atoms with Gasteiger partial charge >= 0.3 is 5.97 Å². The first-order valence-electron chi connectivity index (χ1n) is 7.81. The van der Waals surface area contributed by atoms with Crippen LogP contribution in [0.25, 0.3) is 0 Å². The predicted molar refractivity (Wildman–Crippen MR) is 82.5 cm³/mol. The summed E-state index contributed by atoms with van der Waals surface area (Å²) in [4.78, 5) is 11.1. The average molecular weight is 291 g/mol. The second-order valence-corrected chi connectivity index (χ2v) is 5.35. The van der Waals surface area contributed by atoms with Crippen LogP contribution in [0.2, 0.25) is 0 Å². The number of carbonyl (C=O) groups is 1. The summed E-state index contributed by atoms with van der Waals surface area (Å²) in [5, 5.41) is 3.54. The number of hydrogen-bond donors (Lipinski definition) is 1. The van der Waals surface area contributed by atoms with Crippen molar-refractivity contribution in [1.29, 1.82) is 0 Å². The first kappa shape index (κ1) is 15.8. The van der Waals surface area contributed by atoms with Crippen LogP contribution in [0.4, 0.5) is 0 Å². The van der Waals surface area contributed by atoms with Crippen molar-refractivity contribution in [2.45, 2.75) is 45.1 Å². The molecule has 0 spiro atoms. The van der Waals surface area contributed by atoms with E-state index in [1.165, 1.54) is 31.1 Å². The number of hydrogen-bond acceptors (Lipinski definition) is 4. The van der Waals surface area contributed by atoms with Crippen LogP contribution in [-0.2, 0) is 16.0 Å². The normalized spacial score (nSPS) is 17.1. The van der Waals surface area contributed by atoms with E-state index in [2.05, 4.69) is 29.1 Å². The molecule has 4 heteroatoms. The second-order valence-electron chi connectivity index (χ2n) is 5.35. The van der Waals surface area contributed by atoms with Gasteiger partial charge in [-0.3, -0.25) is 4.79 Å². The fourth-order valence-corrected chi connectivity index (χ4v) is 2.91. The molecule has 0 saturated carbocycles. The zero-order chi connectivity index (χ0) is 15.1. The molecule has 0 aliphatic heterocycles. The summed E-state index contributed by atoms with van der Waals surface area (Å²) in [5.41, 5.74) is 2.70. The molecule has 0 amide bonds. The standard InChI is InChI=1S/C17H25NO3/c1-3-18-15-9-4-8-14-13(15)7-5-10-16(14)21-12-6-11-17(19)20-2/h5,7,10,15,18H,3-4,6,8-9,11-12H2,1-2H3. The van der Waals surface area contributed by atoms with E-state index in [-0.39, 0.29) is 5.97 Å². The minimum absolute atomic E-state index is 0.180. The Bertz CT molecular complexity index is 473. The summed E-state index contributed by atoms with van der Waals surface area (Å²) in [7, 11) is 1.41. The molecule has 0 bridgehead atoms. The molecule has 1 unspecified atom stereocenters. The number of esters is 1. The molecule has 0 fully saturated rings. The summed E-state index contributed by atoms with van der Waals surface area (Å²) in [6.07, 6.45) is 4.54. The molecule has 21 heavy (non-hydrogen) atoms. The minimum Gasteiger partial charge on any atom is -0.493 e. The maximum Gasteiger partial charge on any atom is 0.305 e. The summed E-state index contributed by atoms with van der Waals surface area (Å²) >= 11 is 0. The zero-order valence-electron chi connectivity index (χ0n) is 13.0. The molecule has 0 heterocycles. The maximum atomic E-state index is 11.1. The molecule has 0 radical (unpaired) electrons. The zero-order valence-corrected chi connectivity index (χ0v) is 13.0. The Morgan fingerprint density at radius 3 is 3.05 bits per heavy atom. The highest BCUT2D eigenvalue weighted by atomic mass is 16.5. The highest BCUT2D eigenvalue weighted by Crippen LogP contribution is 2.35. The van der Waals surface area contributed by atoms with Gasteiger partial charge in [0.05, 0.1) is 13.7 Å². The van der Waals surface area contributed by atoms with Crippen molar-refractivity contribution in [3.8, 4) is 5.75 Å². The number of benzene rings is 1. The van der Waals surface area contributed by atoms with E-state index in [4.69, 9.17) is 4.74 Å². The van der Waals surface area contributed by atoms with Crippen molar-refractivity contribution in [2.75, 3.05) is 20.3 Å². The highest BCUT2D eigenvalue weighted by Gasteiger charge is 2.21. The third-order valence-electron chi connectivity index (χ3n) is 3.93. The Labute approximate surface area is 126 Å². The SMILES string of the molecule is CCNC1CCCc2c(OCCCC(=O)OC)cccc21. The van der Waals surface area contributed by atoms with Crippen LogP contribution >= 0.6 is 0 Å². The van der Waals surface area contributed by atoms with Gasteiger partial charge in [0.1, 0.15) is 5.75 Å². The number of rotatable bonds is 7. The summed E-state index contributed by atoms with van der Waals surface area (Å²) < 4.78 is 10.5. The first-order valence-corrected chi connectivity index (χ1v) is 7.81. The second kappa shape index (κ2) is 8.03. The van der Waals surface area contributed by atoms with Crippen LogP contribution in [-0.4, -0.2) is 26.2 Å². The van der Waals surface area contributed by atoms with E-state index < -0.39 is 0 Å². The van der Waals surface area contributed by atoms with E-state index in [0.29, 0.717) is 25.5 Å². The lowest BCUT2D eigenvalue weighted by Crippen LogP contribution is -2.25. The van der Waals surface area contributed by atoms with Crippen LogP contribution in [0, 0.1) is 0 Å². The third-order valence-corrected chi connectivity index (χ3v) is 3.93. The number of ether oxygens (including phenoxy) is 2. The van der Waals surface area contributed by atoms with Crippen molar-refractivity contribution < 1.29 is 14.3 Å². The molecule has 0 aromatic heterocycles. The lowest BCUT2D eigenvalue weighted by molar-refractivity contribution is -0.140. The lowest BCUT2D eigenvalue weighted by atomic mass is 9.87. The largest absolute Gasteiger partial charge is 0.493 e. The number of carbonyl (C=O) groups excluding carboxylic acids is 1. The van der Waals surface area contributed by atoms with Gasteiger partial charge in [-0.25, -0.2) is 0 Å². The molecule has 0 saturated heterocycles. The average Bonchev–Trinajstić information content (AvgIpc) is 2.52.